The van der Waals surface area contributed by atoms with E-state index in [4.69, 9.17) is 0 Å². The second-order valence-electron chi connectivity index (χ2n) is 4.64. The summed E-state index contributed by atoms with van der Waals surface area (Å²) in [7, 11) is 0. The molecular formula is C13H15F2N3S. The van der Waals surface area contributed by atoms with E-state index in [1.807, 2.05) is 23.6 Å². The Kier molecular flexibility index (Phi) is 3.50. The molecule has 102 valence electrons. The van der Waals surface area contributed by atoms with Gasteiger partial charge in [-0.2, -0.15) is 0 Å². The van der Waals surface area contributed by atoms with E-state index < -0.39 is 12.6 Å². The van der Waals surface area contributed by atoms with Crippen LogP contribution in [0.1, 0.15) is 17.7 Å². The summed E-state index contributed by atoms with van der Waals surface area (Å²) < 4.78 is 26.0. The SMILES string of the molecule is FC(F)C1N=C(N2CCCC2)C=C(c2cccs2)N1. The minimum atomic E-state index is -2.50. The van der Waals surface area contributed by atoms with Gasteiger partial charge in [0.2, 0.25) is 0 Å². The van der Waals surface area contributed by atoms with Gasteiger partial charge in [-0.3, -0.25) is 0 Å². The van der Waals surface area contributed by atoms with E-state index in [0.29, 0.717) is 5.84 Å². The van der Waals surface area contributed by atoms with Crippen molar-refractivity contribution in [3.63, 3.8) is 0 Å². The molecule has 1 fully saturated rings. The fraction of sp³-hybridized carbons (Fsp3) is 0.462. The van der Waals surface area contributed by atoms with Crippen LogP contribution in [0.5, 0.6) is 0 Å². The normalized spacial score (nSPS) is 23.3. The highest BCUT2D eigenvalue weighted by molar-refractivity contribution is 7.11. The second kappa shape index (κ2) is 5.28. The molecule has 3 nitrogen and oxygen atoms in total. The first-order valence-electron chi connectivity index (χ1n) is 6.37. The first-order chi connectivity index (χ1) is 9.24. The van der Waals surface area contributed by atoms with E-state index in [0.717, 1.165) is 36.5 Å². The van der Waals surface area contributed by atoms with Gasteiger partial charge in [-0.15, -0.1) is 11.3 Å². The van der Waals surface area contributed by atoms with Crippen LogP contribution in [0.15, 0.2) is 28.6 Å². The Bertz CT molecular complexity index is 490. The van der Waals surface area contributed by atoms with Gasteiger partial charge in [0, 0.05) is 19.2 Å². The third kappa shape index (κ3) is 2.63. The van der Waals surface area contributed by atoms with Gasteiger partial charge in [0.15, 0.2) is 6.17 Å². The van der Waals surface area contributed by atoms with E-state index in [-0.39, 0.29) is 0 Å². The van der Waals surface area contributed by atoms with Crippen LogP contribution in [0.2, 0.25) is 0 Å². The van der Waals surface area contributed by atoms with Crippen LogP contribution in [0.3, 0.4) is 0 Å². The van der Waals surface area contributed by atoms with Crippen LogP contribution in [-0.2, 0) is 0 Å². The van der Waals surface area contributed by atoms with Crippen LogP contribution >= 0.6 is 11.3 Å². The molecule has 1 aromatic rings. The predicted octanol–water partition coefficient (Wildman–Crippen LogP) is 2.78. The first kappa shape index (κ1) is 12.6. The lowest BCUT2D eigenvalue weighted by atomic mass is 10.2. The zero-order valence-corrected chi connectivity index (χ0v) is 11.2. The van der Waals surface area contributed by atoms with Crippen LogP contribution in [-0.4, -0.2) is 36.4 Å². The van der Waals surface area contributed by atoms with Crippen molar-refractivity contribution in [2.75, 3.05) is 13.1 Å². The molecule has 0 spiro atoms. The maximum Gasteiger partial charge on any atom is 0.278 e. The second-order valence-corrected chi connectivity index (χ2v) is 5.59. The standard InChI is InChI=1S/C13H15F2N3S/c14-12(15)13-16-9(10-4-3-7-19-10)8-11(17-13)18-5-1-2-6-18/h3-4,7-8,12-13,16H,1-2,5-6H2. The number of aliphatic imine (C=N–C) groups is 1. The minimum Gasteiger partial charge on any atom is -0.358 e. The highest BCUT2D eigenvalue weighted by Crippen LogP contribution is 2.24. The molecule has 6 heteroatoms. The van der Waals surface area contributed by atoms with Crippen molar-refractivity contribution in [1.29, 1.82) is 0 Å². The lowest BCUT2D eigenvalue weighted by Gasteiger charge is -2.27. The van der Waals surface area contributed by atoms with E-state index in [1.54, 1.807) is 0 Å². The molecule has 2 aliphatic rings. The summed E-state index contributed by atoms with van der Waals surface area (Å²) in [6.45, 7) is 1.81. The maximum absolute atomic E-state index is 13.0. The fourth-order valence-corrected chi connectivity index (χ4v) is 3.06. The van der Waals surface area contributed by atoms with Crippen molar-refractivity contribution in [3.8, 4) is 0 Å². The number of nitrogens with one attached hydrogen (secondary N) is 1. The van der Waals surface area contributed by atoms with E-state index in [9.17, 15) is 8.78 Å². The summed E-state index contributed by atoms with van der Waals surface area (Å²) >= 11 is 1.54. The molecule has 1 aromatic heterocycles. The quantitative estimate of drug-likeness (QED) is 0.904. The van der Waals surface area contributed by atoms with Gasteiger partial charge >= 0.3 is 0 Å². The summed E-state index contributed by atoms with van der Waals surface area (Å²) in [5.74, 6) is 0.685. The topological polar surface area (TPSA) is 27.6 Å². The molecule has 3 heterocycles. The molecule has 0 saturated carbocycles. The smallest absolute Gasteiger partial charge is 0.278 e. The Hall–Kier alpha value is -1.43. The summed E-state index contributed by atoms with van der Waals surface area (Å²) in [5.41, 5.74) is 0.747. The Morgan fingerprint density at radius 2 is 2.16 bits per heavy atom. The van der Waals surface area contributed by atoms with Crippen LogP contribution in [0, 0.1) is 0 Å². The number of nitrogens with zero attached hydrogens (tertiary/aromatic N) is 2. The van der Waals surface area contributed by atoms with Crippen molar-refractivity contribution in [2.24, 2.45) is 4.99 Å². The number of hydrogen-bond acceptors (Lipinski definition) is 4. The lowest BCUT2D eigenvalue weighted by Crippen LogP contribution is -2.40. The third-order valence-corrected chi connectivity index (χ3v) is 4.21. The summed E-state index contributed by atoms with van der Waals surface area (Å²) in [6, 6.07) is 3.85. The van der Waals surface area contributed by atoms with Gasteiger partial charge in [-0.25, -0.2) is 13.8 Å². The van der Waals surface area contributed by atoms with Gasteiger partial charge in [0.25, 0.3) is 6.43 Å². The summed E-state index contributed by atoms with van der Waals surface area (Å²) in [5, 5.41) is 4.76. The molecule has 2 aliphatic heterocycles. The van der Waals surface area contributed by atoms with E-state index in [2.05, 4.69) is 15.2 Å². The Morgan fingerprint density at radius 3 is 2.79 bits per heavy atom. The van der Waals surface area contributed by atoms with Gasteiger partial charge in [-0.05, 0) is 24.3 Å². The van der Waals surface area contributed by atoms with Crippen molar-refractivity contribution >= 4 is 22.9 Å². The first-order valence-corrected chi connectivity index (χ1v) is 7.25. The molecule has 3 rings (SSSR count). The number of likely N-dealkylation sites (tertiary alicyclic amines) is 1. The number of thiophene rings is 1. The molecular weight excluding hydrogens is 268 g/mol. The highest BCUT2D eigenvalue weighted by atomic mass is 32.1. The third-order valence-electron chi connectivity index (χ3n) is 3.30. The predicted molar refractivity (Wildman–Crippen MR) is 73.5 cm³/mol. The zero-order chi connectivity index (χ0) is 13.2. The highest BCUT2D eigenvalue weighted by Gasteiger charge is 2.27. The van der Waals surface area contributed by atoms with Crippen molar-refractivity contribution < 1.29 is 8.78 Å². The average molecular weight is 283 g/mol. The Balaban J connectivity index is 1.90. The van der Waals surface area contributed by atoms with Crippen molar-refractivity contribution in [2.45, 2.75) is 25.4 Å². The van der Waals surface area contributed by atoms with Gasteiger partial charge in [0.05, 0.1) is 10.6 Å². The van der Waals surface area contributed by atoms with Crippen molar-refractivity contribution in [1.82, 2.24) is 10.2 Å². The minimum absolute atomic E-state index is 0.685. The molecule has 1 N–H and O–H groups in total. The zero-order valence-electron chi connectivity index (χ0n) is 10.4. The molecule has 1 saturated heterocycles. The summed E-state index contributed by atoms with van der Waals surface area (Å²) in [4.78, 5) is 7.19. The summed E-state index contributed by atoms with van der Waals surface area (Å²) in [6.07, 6.45) is 0.455. The molecule has 0 bridgehead atoms. The molecule has 1 unspecified atom stereocenters. The van der Waals surface area contributed by atoms with Gasteiger partial charge in [-0.1, -0.05) is 6.07 Å². The van der Waals surface area contributed by atoms with E-state index in [1.165, 1.54) is 11.3 Å². The van der Waals surface area contributed by atoms with Gasteiger partial charge in [0.1, 0.15) is 5.84 Å². The molecule has 0 aromatic carbocycles. The van der Waals surface area contributed by atoms with Gasteiger partial charge < -0.3 is 10.2 Å². The monoisotopic (exact) mass is 283 g/mol. The van der Waals surface area contributed by atoms with Crippen molar-refractivity contribution in [3.05, 3.63) is 28.5 Å². The number of halogens is 2. The van der Waals surface area contributed by atoms with Crippen LogP contribution in [0.25, 0.3) is 5.70 Å². The van der Waals surface area contributed by atoms with Crippen LogP contribution < -0.4 is 5.32 Å². The number of hydrogen-bond donors (Lipinski definition) is 1. The average Bonchev–Trinajstić information content (AvgIpc) is 3.11. The molecule has 0 aliphatic carbocycles. The number of alkyl halides is 2. The largest absolute Gasteiger partial charge is 0.358 e. The Morgan fingerprint density at radius 1 is 1.37 bits per heavy atom. The number of amidine groups is 1. The fourth-order valence-electron chi connectivity index (χ4n) is 2.35. The number of rotatable bonds is 2. The Labute approximate surface area is 114 Å². The molecule has 19 heavy (non-hydrogen) atoms. The maximum atomic E-state index is 13.0. The van der Waals surface area contributed by atoms with Crippen LogP contribution in [0.4, 0.5) is 8.78 Å². The molecule has 1 atom stereocenters. The molecule has 0 amide bonds. The molecule has 0 radical (unpaired) electrons. The van der Waals surface area contributed by atoms with E-state index >= 15 is 0 Å². The lowest BCUT2D eigenvalue weighted by molar-refractivity contribution is 0.109.